The second-order valence-corrected chi connectivity index (χ2v) is 7.94. The summed E-state index contributed by atoms with van der Waals surface area (Å²) in [6.07, 6.45) is 0.921. The van der Waals surface area contributed by atoms with Crippen molar-refractivity contribution in [3.8, 4) is 17.2 Å². The molecule has 0 spiro atoms. The Labute approximate surface area is 186 Å². The largest absolute Gasteiger partial charge is 0.484 e. The van der Waals surface area contributed by atoms with Crippen LogP contribution in [0, 0.1) is 13.8 Å². The first-order valence-corrected chi connectivity index (χ1v) is 10.5. The third kappa shape index (κ3) is 4.89. The number of nitrogens with zero attached hydrogens (tertiary/aromatic N) is 1. The van der Waals surface area contributed by atoms with Gasteiger partial charge in [0, 0.05) is 5.69 Å². The lowest BCUT2D eigenvalue weighted by Crippen LogP contribution is -2.20. The average molecular weight is 435 g/mol. The maximum Gasteiger partial charge on any atom is 0.262 e. The van der Waals surface area contributed by atoms with Crippen molar-refractivity contribution < 1.29 is 13.9 Å². The van der Waals surface area contributed by atoms with Crippen LogP contribution in [0.4, 0.5) is 5.69 Å². The number of ether oxygens (including phenoxy) is 1. The maximum atomic E-state index is 12.4. The summed E-state index contributed by atoms with van der Waals surface area (Å²) >= 11 is 6.39. The van der Waals surface area contributed by atoms with Gasteiger partial charge in [-0.05, 0) is 79.4 Å². The summed E-state index contributed by atoms with van der Waals surface area (Å²) in [6, 6.07) is 17.0. The van der Waals surface area contributed by atoms with E-state index >= 15 is 0 Å². The number of anilines is 1. The van der Waals surface area contributed by atoms with Gasteiger partial charge in [-0.25, -0.2) is 4.98 Å². The first-order valence-electron chi connectivity index (χ1n) is 10.1. The Balaban J connectivity index is 1.50. The number of rotatable bonds is 6. The first kappa shape index (κ1) is 20.9. The van der Waals surface area contributed by atoms with Crippen molar-refractivity contribution in [1.29, 1.82) is 0 Å². The third-order valence-corrected chi connectivity index (χ3v) is 5.24. The van der Waals surface area contributed by atoms with E-state index in [0.717, 1.165) is 23.1 Å². The molecule has 4 rings (SSSR count). The molecule has 1 amide bonds. The smallest absolute Gasteiger partial charge is 0.262 e. The number of hydrogen-bond acceptors (Lipinski definition) is 4. The van der Waals surface area contributed by atoms with E-state index in [4.69, 9.17) is 20.8 Å². The number of fused-ring (bicyclic) bond motifs is 1. The van der Waals surface area contributed by atoms with Gasteiger partial charge in [0.25, 0.3) is 5.91 Å². The van der Waals surface area contributed by atoms with Crippen LogP contribution >= 0.6 is 11.6 Å². The number of benzene rings is 3. The van der Waals surface area contributed by atoms with Gasteiger partial charge in [-0.15, -0.1) is 0 Å². The van der Waals surface area contributed by atoms with Crippen molar-refractivity contribution >= 4 is 34.3 Å². The molecule has 0 fully saturated rings. The first-order chi connectivity index (χ1) is 14.9. The second-order valence-electron chi connectivity index (χ2n) is 7.53. The fourth-order valence-electron chi connectivity index (χ4n) is 3.44. The highest BCUT2D eigenvalue weighted by Gasteiger charge is 2.14. The lowest BCUT2D eigenvalue weighted by molar-refractivity contribution is -0.118. The summed E-state index contributed by atoms with van der Waals surface area (Å²) in [6.45, 7) is 5.98. The predicted octanol–water partition coefficient (Wildman–Crippen LogP) is 6.34. The van der Waals surface area contributed by atoms with Crippen molar-refractivity contribution in [3.63, 3.8) is 0 Å². The Morgan fingerprint density at radius 2 is 1.84 bits per heavy atom. The van der Waals surface area contributed by atoms with Crippen LogP contribution in [-0.4, -0.2) is 17.5 Å². The number of carbonyl (C=O) groups excluding carboxylic acids is 1. The maximum absolute atomic E-state index is 12.4. The monoisotopic (exact) mass is 434 g/mol. The van der Waals surface area contributed by atoms with Gasteiger partial charge >= 0.3 is 0 Å². The van der Waals surface area contributed by atoms with Crippen molar-refractivity contribution in [3.05, 3.63) is 76.3 Å². The lowest BCUT2D eigenvalue weighted by Gasteiger charge is -2.10. The molecule has 0 radical (unpaired) electrons. The molecular formula is C25H23ClN2O3. The SMILES string of the molecule is CCc1ccc2oc(-c3cc(NC(=O)COc4cc(C)cc(C)c4)ccc3Cl)nc2c1. The molecule has 6 heteroatoms. The topological polar surface area (TPSA) is 64.4 Å². The average Bonchev–Trinajstić information content (AvgIpc) is 3.16. The Bertz CT molecular complexity index is 1240. The van der Waals surface area contributed by atoms with Gasteiger partial charge in [0.05, 0.1) is 10.6 Å². The highest BCUT2D eigenvalue weighted by atomic mass is 35.5. The molecule has 0 aliphatic rings. The molecule has 1 heterocycles. The minimum atomic E-state index is -0.266. The van der Waals surface area contributed by atoms with Gasteiger partial charge in [-0.3, -0.25) is 4.79 Å². The number of carbonyl (C=O) groups is 1. The van der Waals surface area contributed by atoms with Gasteiger partial charge in [0.2, 0.25) is 5.89 Å². The predicted molar refractivity (Wildman–Crippen MR) is 124 cm³/mol. The summed E-state index contributed by atoms with van der Waals surface area (Å²) in [4.78, 5) is 17.0. The highest BCUT2D eigenvalue weighted by Crippen LogP contribution is 2.32. The fraction of sp³-hybridized carbons (Fsp3) is 0.200. The van der Waals surface area contributed by atoms with Crippen LogP contribution in [0.25, 0.3) is 22.6 Å². The van der Waals surface area contributed by atoms with Crippen LogP contribution < -0.4 is 10.1 Å². The number of amides is 1. The molecule has 0 atom stereocenters. The van der Waals surface area contributed by atoms with Crippen molar-refractivity contribution in [2.24, 2.45) is 0 Å². The van der Waals surface area contributed by atoms with E-state index in [1.54, 1.807) is 18.2 Å². The van der Waals surface area contributed by atoms with E-state index in [9.17, 15) is 4.79 Å². The highest BCUT2D eigenvalue weighted by molar-refractivity contribution is 6.33. The van der Waals surface area contributed by atoms with Gasteiger partial charge in [0.1, 0.15) is 11.3 Å². The molecule has 158 valence electrons. The van der Waals surface area contributed by atoms with Crippen LogP contribution in [-0.2, 0) is 11.2 Å². The zero-order valence-electron chi connectivity index (χ0n) is 17.7. The molecule has 5 nitrogen and oxygen atoms in total. The quantitative estimate of drug-likeness (QED) is 0.384. The number of nitrogens with one attached hydrogen (secondary N) is 1. The molecule has 3 aromatic carbocycles. The van der Waals surface area contributed by atoms with Crippen molar-refractivity contribution in [2.45, 2.75) is 27.2 Å². The number of oxazole rings is 1. The van der Waals surface area contributed by atoms with E-state index in [2.05, 4.69) is 23.3 Å². The fourth-order valence-corrected chi connectivity index (χ4v) is 3.64. The lowest BCUT2D eigenvalue weighted by atomic mass is 10.1. The summed E-state index contributed by atoms with van der Waals surface area (Å²) in [5.41, 5.74) is 6.03. The molecule has 0 saturated carbocycles. The molecule has 1 aromatic heterocycles. The van der Waals surface area contributed by atoms with E-state index in [-0.39, 0.29) is 12.5 Å². The minimum Gasteiger partial charge on any atom is -0.484 e. The van der Waals surface area contributed by atoms with Crippen molar-refractivity contribution in [2.75, 3.05) is 11.9 Å². The molecule has 0 bridgehead atoms. The van der Waals surface area contributed by atoms with Gasteiger partial charge in [-0.2, -0.15) is 0 Å². The van der Waals surface area contributed by atoms with E-state index in [1.165, 1.54) is 5.56 Å². The normalized spacial score (nSPS) is 11.0. The Kier molecular flexibility index (Phi) is 5.96. The van der Waals surface area contributed by atoms with Gasteiger partial charge < -0.3 is 14.5 Å². The summed E-state index contributed by atoms with van der Waals surface area (Å²) in [5, 5.41) is 3.33. The Morgan fingerprint density at radius 1 is 1.06 bits per heavy atom. The van der Waals surface area contributed by atoms with Gasteiger partial charge in [0.15, 0.2) is 12.2 Å². The number of hydrogen-bond donors (Lipinski definition) is 1. The number of halogens is 1. The summed E-state index contributed by atoms with van der Waals surface area (Å²) in [7, 11) is 0. The van der Waals surface area contributed by atoms with Crippen LogP contribution in [0.5, 0.6) is 5.75 Å². The molecule has 0 aliphatic heterocycles. The minimum absolute atomic E-state index is 0.0937. The summed E-state index contributed by atoms with van der Waals surface area (Å²) in [5.74, 6) is 0.816. The molecular weight excluding hydrogens is 412 g/mol. The zero-order valence-corrected chi connectivity index (χ0v) is 18.4. The molecule has 4 aromatic rings. The Morgan fingerprint density at radius 3 is 2.58 bits per heavy atom. The van der Waals surface area contributed by atoms with Crippen LogP contribution in [0.2, 0.25) is 5.02 Å². The van der Waals surface area contributed by atoms with Gasteiger partial charge in [-0.1, -0.05) is 30.7 Å². The van der Waals surface area contributed by atoms with E-state index in [1.807, 2.05) is 44.2 Å². The van der Waals surface area contributed by atoms with Crippen LogP contribution in [0.15, 0.2) is 59.0 Å². The number of aromatic nitrogens is 1. The van der Waals surface area contributed by atoms with E-state index in [0.29, 0.717) is 33.5 Å². The van der Waals surface area contributed by atoms with Crippen molar-refractivity contribution in [1.82, 2.24) is 4.98 Å². The second kappa shape index (κ2) is 8.82. The molecule has 1 N–H and O–H groups in total. The standard InChI is InChI=1S/C25H23ClN2O3/c1-4-17-5-8-23-22(12-17)28-25(31-23)20-13-18(6-7-21(20)26)27-24(29)14-30-19-10-15(2)9-16(3)11-19/h5-13H,4,14H2,1-3H3,(H,27,29). The van der Waals surface area contributed by atoms with Crippen LogP contribution in [0.3, 0.4) is 0 Å². The van der Waals surface area contributed by atoms with Crippen LogP contribution in [0.1, 0.15) is 23.6 Å². The molecule has 0 unspecified atom stereocenters. The molecule has 0 aliphatic carbocycles. The number of aryl methyl sites for hydroxylation is 3. The zero-order chi connectivity index (χ0) is 22.0. The van der Waals surface area contributed by atoms with E-state index < -0.39 is 0 Å². The third-order valence-electron chi connectivity index (χ3n) is 4.91. The molecule has 0 saturated heterocycles. The molecule has 31 heavy (non-hydrogen) atoms. The Hall–Kier alpha value is -3.31. The summed E-state index contributed by atoms with van der Waals surface area (Å²) < 4.78 is 11.5.